The molecule has 0 aromatic heterocycles. The molecular formula is C17H15FN2O3. The second-order valence-corrected chi connectivity index (χ2v) is 6.32. The third-order valence-corrected chi connectivity index (χ3v) is 4.99. The predicted octanol–water partition coefficient (Wildman–Crippen LogP) is 1.57. The number of amides is 3. The van der Waals surface area contributed by atoms with Gasteiger partial charge in [0.1, 0.15) is 12.4 Å². The van der Waals surface area contributed by atoms with Crippen LogP contribution in [0.15, 0.2) is 36.4 Å². The van der Waals surface area contributed by atoms with E-state index in [1.54, 1.807) is 0 Å². The van der Waals surface area contributed by atoms with E-state index in [2.05, 4.69) is 5.32 Å². The summed E-state index contributed by atoms with van der Waals surface area (Å²) < 4.78 is 12.8. The number of fused-ring (bicyclic) bond motifs is 5. The number of allylic oxidation sites excluding steroid dienone is 2. The van der Waals surface area contributed by atoms with E-state index in [0.29, 0.717) is 5.69 Å². The Morgan fingerprint density at radius 2 is 1.65 bits per heavy atom. The lowest BCUT2D eigenvalue weighted by atomic mass is 9.85. The highest BCUT2D eigenvalue weighted by atomic mass is 19.1. The summed E-state index contributed by atoms with van der Waals surface area (Å²) in [4.78, 5) is 38.1. The van der Waals surface area contributed by atoms with Gasteiger partial charge in [0, 0.05) is 5.69 Å². The van der Waals surface area contributed by atoms with Crippen LogP contribution < -0.4 is 5.32 Å². The number of benzene rings is 1. The molecule has 2 fully saturated rings. The fourth-order valence-corrected chi connectivity index (χ4v) is 4.00. The van der Waals surface area contributed by atoms with Crippen LogP contribution in [0, 0.1) is 29.5 Å². The van der Waals surface area contributed by atoms with Crippen molar-refractivity contribution in [3.63, 3.8) is 0 Å². The molecular weight excluding hydrogens is 299 g/mol. The SMILES string of the molecule is O=C(CN1C(=O)[C@H]2[C@H](C1=O)[C@H]1C=C[C@@H]2C1)Nc1ccc(F)cc1. The minimum absolute atomic E-state index is 0.131. The van der Waals surface area contributed by atoms with Gasteiger partial charge in [-0.25, -0.2) is 4.39 Å². The first kappa shape index (κ1) is 14.1. The average molecular weight is 314 g/mol. The Kier molecular flexibility index (Phi) is 3.07. The van der Waals surface area contributed by atoms with Gasteiger partial charge >= 0.3 is 0 Å². The number of nitrogens with zero attached hydrogens (tertiary/aromatic N) is 1. The predicted molar refractivity (Wildman–Crippen MR) is 79.5 cm³/mol. The maximum Gasteiger partial charge on any atom is 0.244 e. The Hall–Kier alpha value is -2.50. The molecule has 1 aliphatic heterocycles. The van der Waals surface area contributed by atoms with Gasteiger partial charge in [-0.15, -0.1) is 0 Å². The quantitative estimate of drug-likeness (QED) is 0.680. The van der Waals surface area contributed by atoms with Gasteiger partial charge in [-0.2, -0.15) is 0 Å². The minimum Gasteiger partial charge on any atom is -0.325 e. The highest BCUT2D eigenvalue weighted by Gasteiger charge is 2.59. The lowest BCUT2D eigenvalue weighted by Gasteiger charge is -2.16. The number of carbonyl (C=O) groups excluding carboxylic acids is 3. The summed E-state index contributed by atoms with van der Waals surface area (Å²) in [5, 5.41) is 2.57. The Bertz CT molecular complexity index is 698. The summed E-state index contributed by atoms with van der Waals surface area (Å²) in [6.07, 6.45) is 4.89. The molecule has 1 heterocycles. The van der Waals surface area contributed by atoms with Crippen LogP contribution in [-0.4, -0.2) is 29.2 Å². The van der Waals surface area contributed by atoms with E-state index in [1.165, 1.54) is 24.3 Å². The number of imide groups is 1. The summed E-state index contributed by atoms with van der Waals surface area (Å²) >= 11 is 0. The topological polar surface area (TPSA) is 66.5 Å². The largest absolute Gasteiger partial charge is 0.325 e. The number of halogens is 1. The van der Waals surface area contributed by atoms with Crippen molar-refractivity contribution in [2.75, 3.05) is 11.9 Å². The maximum absolute atomic E-state index is 12.8. The van der Waals surface area contributed by atoms with Crippen LogP contribution in [-0.2, 0) is 14.4 Å². The lowest BCUT2D eigenvalue weighted by Crippen LogP contribution is -2.39. The summed E-state index contributed by atoms with van der Waals surface area (Å²) in [5.74, 6) is -1.68. The molecule has 1 aromatic rings. The fraction of sp³-hybridized carbons (Fsp3) is 0.353. The van der Waals surface area contributed by atoms with E-state index in [1.807, 2.05) is 12.2 Å². The molecule has 6 heteroatoms. The first-order valence-electron chi connectivity index (χ1n) is 7.63. The van der Waals surface area contributed by atoms with E-state index in [4.69, 9.17) is 0 Å². The maximum atomic E-state index is 12.8. The van der Waals surface area contributed by atoms with Crippen molar-refractivity contribution >= 4 is 23.4 Å². The fourth-order valence-electron chi connectivity index (χ4n) is 4.00. The lowest BCUT2D eigenvalue weighted by molar-refractivity contribution is -0.143. The zero-order valence-electron chi connectivity index (χ0n) is 12.2. The number of hydrogen-bond acceptors (Lipinski definition) is 3. The molecule has 2 aliphatic carbocycles. The van der Waals surface area contributed by atoms with E-state index in [9.17, 15) is 18.8 Å². The molecule has 0 spiro atoms. The second-order valence-electron chi connectivity index (χ2n) is 6.32. The van der Waals surface area contributed by atoms with Gasteiger partial charge in [-0.1, -0.05) is 12.2 Å². The summed E-state index contributed by atoms with van der Waals surface area (Å²) in [6, 6.07) is 5.32. The van der Waals surface area contributed by atoms with Gasteiger partial charge in [0.05, 0.1) is 11.8 Å². The van der Waals surface area contributed by atoms with Crippen LogP contribution in [0.2, 0.25) is 0 Å². The molecule has 3 amide bonds. The van der Waals surface area contributed by atoms with Crippen LogP contribution in [0.1, 0.15) is 6.42 Å². The van der Waals surface area contributed by atoms with Crippen LogP contribution in [0.5, 0.6) is 0 Å². The van der Waals surface area contributed by atoms with Crippen molar-refractivity contribution < 1.29 is 18.8 Å². The van der Waals surface area contributed by atoms with E-state index in [0.717, 1.165) is 11.3 Å². The molecule has 0 unspecified atom stereocenters. The number of carbonyl (C=O) groups is 3. The first-order valence-corrected chi connectivity index (χ1v) is 7.63. The van der Waals surface area contributed by atoms with Gasteiger partial charge in [-0.3, -0.25) is 19.3 Å². The second kappa shape index (κ2) is 5.01. The highest BCUT2D eigenvalue weighted by Crippen LogP contribution is 2.52. The van der Waals surface area contributed by atoms with Crippen molar-refractivity contribution in [2.45, 2.75) is 6.42 Å². The van der Waals surface area contributed by atoms with Gasteiger partial charge in [0.15, 0.2) is 0 Å². The summed E-state index contributed by atoms with van der Waals surface area (Å²) in [6.45, 7) is -0.290. The standard InChI is InChI=1S/C17H15FN2O3/c18-11-3-5-12(6-4-11)19-13(21)8-20-16(22)14-9-1-2-10(7-9)15(14)17(20)23/h1-6,9-10,14-15H,7-8H2,(H,19,21)/t9-,10+,14-,15-/m1/s1. The number of anilines is 1. The smallest absolute Gasteiger partial charge is 0.244 e. The van der Waals surface area contributed by atoms with Crippen molar-refractivity contribution in [1.29, 1.82) is 0 Å². The Labute approximate surface area is 132 Å². The van der Waals surface area contributed by atoms with Crippen LogP contribution >= 0.6 is 0 Å². The molecule has 1 N–H and O–H groups in total. The molecule has 3 aliphatic rings. The highest BCUT2D eigenvalue weighted by molar-refractivity contribution is 6.09. The van der Waals surface area contributed by atoms with E-state index >= 15 is 0 Å². The molecule has 4 rings (SSSR count). The van der Waals surface area contributed by atoms with E-state index < -0.39 is 11.7 Å². The average Bonchev–Trinajstić information content (AvgIpc) is 3.19. The van der Waals surface area contributed by atoms with E-state index in [-0.39, 0.29) is 42.0 Å². The Morgan fingerprint density at radius 3 is 2.22 bits per heavy atom. The summed E-state index contributed by atoms with van der Waals surface area (Å²) in [5.41, 5.74) is 0.428. The molecule has 5 nitrogen and oxygen atoms in total. The van der Waals surface area contributed by atoms with Gasteiger partial charge < -0.3 is 5.32 Å². The van der Waals surface area contributed by atoms with Crippen molar-refractivity contribution in [1.82, 2.24) is 4.90 Å². The Balaban J connectivity index is 1.45. The molecule has 1 aromatic carbocycles. The van der Waals surface area contributed by atoms with Gasteiger partial charge in [0.2, 0.25) is 17.7 Å². The van der Waals surface area contributed by atoms with Crippen molar-refractivity contribution in [3.8, 4) is 0 Å². The normalized spacial score (nSPS) is 30.9. The van der Waals surface area contributed by atoms with Crippen LogP contribution in [0.3, 0.4) is 0 Å². The molecule has 1 saturated carbocycles. The van der Waals surface area contributed by atoms with Gasteiger partial charge in [-0.05, 0) is 42.5 Å². The van der Waals surface area contributed by atoms with Crippen LogP contribution in [0.4, 0.5) is 10.1 Å². The third-order valence-electron chi connectivity index (χ3n) is 4.99. The summed E-state index contributed by atoms with van der Waals surface area (Å²) in [7, 11) is 0. The first-order chi connectivity index (χ1) is 11.0. The molecule has 23 heavy (non-hydrogen) atoms. The zero-order chi connectivity index (χ0) is 16.1. The number of rotatable bonds is 3. The minimum atomic E-state index is -0.460. The Morgan fingerprint density at radius 1 is 1.09 bits per heavy atom. The number of likely N-dealkylation sites (tertiary alicyclic amines) is 1. The molecule has 0 radical (unpaired) electrons. The third kappa shape index (κ3) is 2.17. The van der Waals surface area contributed by atoms with Crippen molar-refractivity contribution in [3.05, 3.63) is 42.2 Å². The molecule has 2 bridgehead atoms. The monoisotopic (exact) mass is 314 g/mol. The molecule has 4 atom stereocenters. The number of nitrogens with one attached hydrogen (secondary N) is 1. The van der Waals surface area contributed by atoms with Crippen molar-refractivity contribution in [2.24, 2.45) is 23.7 Å². The zero-order valence-corrected chi connectivity index (χ0v) is 12.2. The van der Waals surface area contributed by atoms with Gasteiger partial charge in [0.25, 0.3) is 0 Å². The molecule has 118 valence electrons. The molecule has 1 saturated heterocycles. The van der Waals surface area contributed by atoms with Crippen LogP contribution in [0.25, 0.3) is 0 Å². The number of hydrogen-bond donors (Lipinski definition) is 1.